The second-order valence-electron chi connectivity index (χ2n) is 5.26. The first-order valence-electron chi connectivity index (χ1n) is 6.60. The maximum Gasteiger partial charge on any atom is 0.227 e. The molecule has 19 heavy (non-hydrogen) atoms. The van der Waals surface area contributed by atoms with Gasteiger partial charge in [-0.3, -0.25) is 4.79 Å². The molecule has 1 N–H and O–H groups in total. The number of hydrogen-bond donors (Lipinski definition) is 1. The highest BCUT2D eigenvalue weighted by molar-refractivity contribution is 5.85. The van der Waals surface area contributed by atoms with Crippen LogP contribution in [0, 0.1) is 13.8 Å². The summed E-state index contributed by atoms with van der Waals surface area (Å²) in [6, 6.07) is 6.67. The summed E-state index contributed by atoms with van der Waals surface area (Å²) in [5.74, 6) is 0.220. The summed E-state index contributed by atoms with van der Waals surface area (Å²) in [7, 11) is 1.92. The van der Waals surface area contributed by atoms with Gasteiger partial charge in [0.05, 0.1) is 6.42 Å². The number of benzene rings is 1. The number of aryl methyl sites for hydroxylation is 2. The van der Waals surface area contributed by atoms with E-state index in [-0.39, 0.29) is 18.3 Å². The van der Waals surface area contributed by atoms with Crippen molar-refractivity contribution in [3.8, 4) is 0 Å². The maximum absolute atomic E-state index is 12.3. The van der Waals surface area contributed by atoms with Gasteiger partial charge in [-0.1, -0.05) is 23.8 Å². The molecule has 0 radical (unpaired) electrons. The number of rotatable bonds is 3. The summed E-state index contributed by atoms with van der Waals surface area (Å²) in [6.45, 7) is 6.08. The highest BCUT2D eigenvalue weighted by Crippen LogP contribution is 2.14. The van der Waals surface area contributed by atoms with Gasteiger partial charge in [0.2, 0.25) is 5.91 Å². The Morgan fingerprint density at radius 1 is 1.42 bits per heavy atom. The van der Waals surface area contributed by atoms with Gasteiger partial charge >= 0.3 is 0 Å². The third-order valence-corrected chi connectivity index (χ3v) is 3.82. The first-order chi connectivity index (χ1) is 8.58. The summed E-state index contributed by atoms with van der Waals surface area (Å²) < 4.78 is 0. The molecule has 1 amide bonds. The predicted octanol–water partition coefficient (Wildman–Crippen LogP) is 2.09. The molecule has 1 aromatic rings. The summed E-state index contributed by atoms with van der Waals surface area (Å²) in [5, 5.41) is 3.30. The molecule has 1 saturated heterocycles. The lowest BCUT2D eigenvalue weighted by molar-refractivity contribution is -0.130. The molecule has 2 rings (SSSR count). The van der Waals surface area contributed by atoms with E-state index in [0.29, 0.717) is 12.5 Å². The van der Waals surface area contributed by atoms with E-state index < -0.39 is 0 Å². The van der Waals surface area contributed by atoms with Gasteiger partial charge in [0.15, 0.2) is 0 Å². The lowest BCUT2D eigenvalue weighted by Gasteiger charge is -2.24. The minimum absolute atomic E-state index is 0. The Morgan fingerprint density at radius 3 is 2.79 bits per heavy atom. The fourth-order valence-corrected chi connectivity index (χ4v) is 2.45. The molecule has 0 saturated carbocycles. The number of likely N-dealkylation sites (N-methyl/N-ethyl adjacent to an activating group) is 1. The number of carbonyl (C=O) groups is 1. The Morgan fingerprint density at radius 2 is 2.16 bits per heavy atom. The number of carbonyl (C=O) groups excluding carboxylic acids is 1. The van der Waals surface area contributed by atoms with Gasteiger partial charge in [-0.25, -0.2) is 0 Å². The molecule has 1 unspecified atom stereocenters. The number of amides is 1. The summed E-state index contributed by atoms with van der Waals surface area (Å²) in [5.41, 5.74) is 3.57. The number of hydrogen-bond acceptors (Lipinski definition) is 2. The average molecular weight is 283 g/mol. The molecule has 4 heteroatoms. The van der Waals surface area contributed by atoms with Crippen molar-refractivity contribution < 1.29 is 4.79 Å². The van der Waals surface area contributed by atoms with Crippen molar-refractivity contribution in [1.29, 1.82) is 0 Å². The Labute approximate surface area is 121 Å². The molecule has 0 bridgehead atoms. The maximum atomic E-state index is 12.3. The van der Waals surface area contributed by atoms with Crippen molar-refractivity contribution in [2.24, 2.45) is 0 Å². The first kappa shape index (κ1) is 16.0. The average Bonchev–Trinajstić information content (AvgIpc) is 2.86. The van der Waals surface area contributed by atoms with Crippen LogP contribution in [0.5, 0.6) is 0 Å². The SMILES string of the molecule is Cc1ccc(C)c(CC(=O)N(C)C2CCNC2)c1.Cl. The van der Waals surface area contributed by atoms with Crippen molar-refractivity contribution in [1.82, 2.24) is 10.2 Å². The largest absolute Gasteiger partial charge is 0.341 e. The lowest BCUT2D eigenvalue weighted by atomic mass is 10.0. The fourth-order valence-electron chi connectivity index (χ4n) is 2.45. The second-order valence-corrected chi connectivity index (χ2v) is 5.26. The van der Waals surface area contributed by atoms with Crippen LogP contribution >= 0.6 is 12.4 Å². The van der Waals surface area contributed by atoms with Crippen molar-refractivity contribution in [3.05, 3.63) is 34.9 Å². The molecule has 1 fully saturated rings. The Balaban J connectivity index is 0.00000180. The summed E-state index contributed by atoms with van der Waals surface area (Å²) >= 11 is 0. The molecule has 1 aromatic carbocycles. The molecule has 0 aromatic heterocycles. The van der Waals surface area contributed by atoms with Gasteiger partial charge in [0, 0.05) is 19.6 Å². The molecule has 1 aliphatic heterocycles. The molecule has 0 spiro atoms. The van der Waals surface area contributed by atoms with E-state index in [1.165, 1.54) is 11.1 Å². The zero-order valence-corrected chi connectivity index (χ0v) is 12.7. The van der Waals surface area contributed by atoms with E-state index in [2.05, 4.69) is 37.4 Å². The van der Waals surface area contributed by atoms with Crippen LogP contribution in [0.1, 0.15) is 23.1 Å². The molecule has 1 heterocycles. The molecule has 106 valence electrons. The van der Waals surface area contributed by atoms with Gasteiger partial charge in [0.1, 0.15) is 0 Å². The van der Waals surface area contributed by atoms with Crippen molar-refractivity contribution in [2.75, 3.05) is 20.1 Å². The van der Waals surface area contributed by atoms with E-state index in [1.54, 1.807) is 0 Å². The monoisotopic (exact) mass is 282 g/mol. The van der Waals surface area contributed by atoms with E-state index in [9.17, 15) is 4.79 Å². The smallest absolute Gasteiger partial charge is 0.227 e. The zero-order chi connectivity index (χ0) is 13.1. The molecular formula is C15H23ClN2O. The van der Waals surface area contributed by atoms with Gasteiger partial charge in [-0.15, -0.1) is 12.4 Å². The predicted molar refractivity (Wildman–Crippen MR) is 80.9 cm³/mol. The third kappa shape index (κ3) is 3.95. The van der Waals surface area contributed by atoms with Crippen LogP contribution in [0.15, 0.2) is 18.2 Å². The fraction of sp³-hybridized carbons (Fsp3) is 0.533. The van der Waals surface area contributed by atoms with Crippen molar-refractivity contribution in [2.45, 2.75) is 32.7 Å². The molecule has 0 aliphatic carbocycles. The molecule has 1 atom stereocenters. The van der Waals surface area contributed by atoms with E-state index in [4.69, 9.17) is 0 Å². The second kappa shape index (κ2) is 6.92. The van der Waals surface area contributed by atoms with Gasteiger partial charge in [-0.2, -0.15) is 0 Å². The topological polar surface area (TPSA) is 32.3 Å². The van der Waals surface area contributed by atoms with Crippen LogP contribution in [0.3, 0.4) is 0 Å². The summed E-state index contributed by atoms with van der Waals surface area (Å²) in [4.78, 5) is 14.2. The van der Waals surface area contributed by atoms with Gasteiger partial charge in [0.25, 0.3) is 0 Å². The van der Waals surface area contributed by atoms with Crippen LogP contribution in [-0.4, -0.2) is 37.0 Å². The Kier molecular flexibility index (Phi) is 5.83. The van der Waals surface area contributed by atoms with E-state index >= 15 is 0 Å². The molecule has 1 aliphatic rings. The highest BCUT2D eigenvalue weighted by Gasteiger charge is 2.23. The molecule has 3 nitrogen and oxygen atoms in total. The zero-order valence-electron chi connectivity index (χ0n) is 11.9. The quantitative estimate of drug-likeness (QED) is 0.921. The van der Waals surface area contributed by atoms with Crippen LogP contribution in [0.2, 0.25) is 0 Å². The number of halogens is 1. The van der Waals surface area contributed by atoms with Crippen LogP contribution < -0.4 is 5.32 Å². The number of nitrogens with one attached hydrogen (secondary N) is 1. The molecular weight excluding hydrogens is 260 g/mol. The van der Waals surface area contributed by atoms with E-state index in [1.807, 2.05) is 11.9 Å². The van der Waals surface area contributed by atoms with Crippen LogP contribution in [0.25, 0.3) is 0 Å². The van der Waals surface area contributed by atoms with Crippen molar-refractivity contribution >= 4 is 18.3 Å². The Hall–Kier alpha value is -1.06. The van der Waals surface area contributed by atoms with Crippen molar-refractivity contribution in [3.63, 3.8) is 0 Å². The number of nitrogens with zero attached hydrogens (tertiary/aromatic N) is 1. The van der Waals surface area contributed by atoms with Crippen LogP contribution in [-0.2, 0) is 11.2 Å². The summed E-state index contributed by atoms with van der Waals surface area (Å²) in [6.07, 6.45) is 1.58. The van der Waals surface area contributed by atoms with Crippen LogP contribution in [0.4, 0.5) is 0 Å². The van der Waals surface area contributed by atoms with Gasteiger partial charge < -0.3 is 10.2 Å². The third-order valence-electron chi connectivity index (χ3n) is 3.82. The lowest BCUT2D eigenvalue weighted by Crippen LogP contribution is -2.39. The Bertz CT molecular complexity index is 442. The minimum atomic E-state index is 0. The standard InChI is InChI=1S/C15H22N2O.ClH/c1-11-4-5-12(2)13(8-11)9-15(18)17(3)14-6-7-16-10-14;/h4-5,8,14,16H,6-7,9-10H2,1-3H3;1H. The first-order valence-corrected chi connectivity index (χ1v) is 6.60. The van der Waals surface area contributed by atoms with Gasteiger partial charge in [-0.05, 0) is 37.9 Å². The van der Waals surface area contributed by atoms with E-state index in [0.717, 1.165) is 25.1 Å². The highest BCUT2D eigenvalue weighted by atomic mass is 35.5. The minimum Gasteiger partial charge on any atom is -0.341 e. The normalized spacial score (nSPS) is 17.9.